The number of nitrogens with two attached hydrogens (primary N) is 1. The molecule has 10 nitrogen and oxygen atoms in total. The van der Waals surface area contributed by atoms with Gasteiger partial charge in [-0.15, -0.1) is 0 Å². The van der Waals surface area contributed by atoms with Gasteiger partial charge < -0.3 is 31.3 Å². The number of pyridine rings is 1. The van der Waals surface area contributed by atoms with Gasteiger partial charge in [-0.05, 0) is 68.0 Å². The summed E-state index contributed by atoms with van der Waals surface area (Å²) in [5, 5.41) is 8.98. The Morgan fingerprint density at radius 1 is 1.13 bits per heavy atom. The first-order valence-corrected chi connectivity index (χ1v) is 13.7. The third kappa shape index (κ3) is 7.13. The topological polar surface area (TPSA) is 139 Å². The Kier molecular flexibility index (Phi) is 9.89. The van der Waals surface area contributed by atoms with Gasteiger partial charge in [-0.1, -0.05) is 18.2 Å². The Morgan fingerprint density at radius 3 is 2.54 bits per heavy atom. The lowest BCUT2D eigenvalue weighted by molar-refractivity contribution is -0.139. The molecule has 2 aliphatic rings. The number of para-hydroxylation sites is 1. The van der Waals surface area contributed by atoms with E-state index in [4.69, 9.17) is 10.5 Å². The highest BCUT2D eigenvalue weighted by atomic mass is 16.5. The number of likely N-dealkylation sites (N-methyl/N-ethyl adjacent to an activating group) is 1. The number of piperidine rings is 1. The molecule has 4 rings (SSSR count). The predicted molar refractivity (Wildman–Crippen MR) is 148 cm³/mol. The summed E-state index contributed by atoms with van der Waals surface area (Å²) in [6.07, 6.45) is 6.30. The second-order valence-corrected chi connectivity index (χ2v) is 10.4. The van der Waals surface area contributed by atoms with Gasteiger partial charge in [0.15, 0.2) is 0 Å². The summed E-state index contributed by atoms with van der Waals surface area (Å²) in [5.74, 6) is 0.514. The minimum atomic E-state index is -0.768. The van der Waals surface area contributed by atoms with Gasteiger partial charge in [0.1, 0.15) is 17.8 Å². The van der Waals surface area contributed by atoms with Crippen LogP contribution in [0.3, 0.4) is 0 Å². The van der Waals surface area contributed by atoms with Gasteiger partial charge in [0.2, 0.25) is 17.7 Å². The van der Waals surface area contributed by atoms with Crippen LogP contribution in [0, 0.1) is 11.8 Å². The smallest absolute Gasteiger partial charge is 0.243 e. The lowest BCUT2D eigenvalue weighted by atomic mass is 9.83. The Labute approximate surface area is 230 Å². The lowest BCUT2D eigenvalue weighted by Crippen LogP contribution is -2.53. The molecule has 210 valence electrons. The first-order chi connectivity index (χ1) is 18.9. The summed E-state index contributed by atoms with van der Waals surface area (Å²) in [6, 6.07) is 9.04. The van der Waals surface area contributed by atoms with Crippen LogP contribution in [0.1, 0.15) is 42.9 Å². The van der Waals surface area contributed by atoms with E-state index in [0.29, 0.717) is 31.1 Å². The number of nitrogens with zero attached hydrogens (tertiary/aromatic N) is 2. The van der Waals surface area contributed by atoms with Crippen molar-refractivity contribution < 1.29 is 19.1 Å². The molecule has 1 aromatic carbocycles. The van der Waals surface area contributed by atoms with Crippen LogP contribution in [-0.2, 0) is 20.8 Å². The third-order valence-corrected chi connectivity index (χ3v) is 8.01. The molecule has 0 aliphatic carbocycles. The fraction of sp³-hybridized carbons (Fsp3) is 0.517. The standard InChI is InChI=1S/C29H40N6O4/c1-31-28(37)24(15-19-7-11-32-12-8-19)34-29(38)25-16-21(20-9-13-33-14-10-20)18-35(25)27(36)17-23(30)22-5-3-4-6-26(22)39-2/h3-8,11-12,20-21,23-25,33H,9-10,13-18,30H2,1-2H3,(H,31,37)(H,34,38)/t21?,23-,24-,25-/m0/s1. The van der Waals surface area contributed by atoms with E-state index < -0.39 is 18.1 Å². The normalized spacial score (nSPS) is 21.2. The molecule has 10 heteroatoms. The first kappa shape index (κ1) is 28.5. The van der Waals surface area contributed by atoms with Crippen molar-refractivity contribution in [1.82, 2.24) is 25.8 Å². The Bertz CT molecular complexity index is 1120. The van der Waals surface area contributed by atoms with E-state index in [2.05, 4.69) is 20.9 Å². The van der Waals surface area contributed by atoms with Gasteiger partial charge in [-0.3, -0.25) is 19.4 Å². The monoisotopic (exact) mass is 536 g/mol. The van der Waals surface area contributed by atoms with Gasteiger partial charge in [0.05, 0.1) is 7.11 Å². The third-order valence-electron chi connectivity index (χ3n) is 8.01. The Hall–Kier alpha value is -3.50. The van der Waals surface area contributed by atoms with E-state index in [1.807, 2.05) is 36.4 Å². The zero-order valence-corrected chi connectivity index (χ0v) is 22.8. The van der Waals surface area contributed by atoms with Crippen LogP contribution in [-0.4, -0.2) is 73.5 Å². The van der Waals surface area contributed by atoms with Gasteiger partial charge in [0, 0.05) is 50.4 Å². The molecule has 0 bridgehead atoms. The fourth-order valence-electron chi connectivity index (χ4n) is 5.84. The van der Waals surface area contributed by atoms with Crippen molar-refractivity contribution >= 4 is 17.7 Å². The lowest BCUT2D eigenvalue weighted by Gasteiger charge is -2.28. The highest BCUT2D eigenvalue weighted by molar-refractivity contribution is 5.92. The predicted octanol–water partition coefficient (Wildman–Crippen LogP) is 1.17. The molecule has 1 aromatic heterocycles. The highest BCUT2D eigenvalue weighted by Crippen LogP contribution is 2.35. The number of carbonyl (C=O) groups is 3. The van der Waals surface area contributed by atoms with Crippen molar-refractivity contribution in [2.45, 2.75) is 50.2 Å². The van der Waals surface area contributed by atoms with E-state index in [1.54, 1.807) is 31.5 Å². The summed E-state index contributed by atoms with van der Waals surface area (Å²) in [7, 11) is 3.12. The number of amides is 3. The molecule has 2 fully saturated rings. The molecule has 39 heavy (non-hydrogen) atoms. The summed E-state index contributed by atoms with van der Waals surface area (Å²) in [4.78, 5) is 45.8. The molecule has 3 amide bonds. The summed E-state index contributed by atoms with van der Waals surface area (Å²) < 4.78 is 5.44. The van der Waals surface area contributed by atoms with Gasteiger partial charge in [-0.2, -0.15) is 0 Å². The maximum atomic E-state index is 13.7. The summed E-state index contributed by atoms with van der Waals surface area (Å²) in [6.45, 7) is 2.39. The molecule has 4 atom stereocenters. The molecule has 2 saturated heterocycles. The number of likely N-dealkylation sites (tertiary alicyclic amines) is 1. The molecular weight excluding hydrogens is 496 g/mol. The van der Waals surface area contributed by atoms with Crippen LogP contribution >= 0.6 is 0 Å². The van der Waals surface area contributed by atoms with E-state index >= 15 is 0 Å². The maximum Gasteiger partial charge on any atom is 0.243 e. The molecule has 0 radical (unpaired) electrons. The average Bonchev–Trinajstić information content (AvgIpc) is 3.43. The quantitative estimate of drug-likeness (QED) is 0.358. The van der Waals surface area contributed by atoms with Crippen molar-refractivity contribution in [3.8, 4) is 5.75 Å². The number of aromatic nitrogens is 1. The van der Waals surface area contributed by atoms with Crippen LogP contribution < -0.4 is 26.4 Å². The Balaban J connectivity index is 1.52. The SMILES string of the molecule is CNC(=O)[C@H](Cc1ccncc1)NC(=O)[C@@H]1CC(C2CCNCC2)CN1C(=O)C[C@H](N)c1ccccc1OC. The van der Waals surface area contributed by atoms with Gasteiger partial charge in [0.25, 0.3) is 0 Å². The zero-order chi connectivity index (χ0) is 27.8. The number of rotatable bonds is 10. The number of hydrogen-bond acceptors (Lipinski definition) is 7. The maximum absolute atomic E-state index is 13.7. The van der Waals surface area contributed by atoms with Gasteiger partial charge in [-0.25, -0.2) is 0 Å². The Morgan fingerprint density at radius 2 is 1.85 bits per heavy atom. The molecule has 5 N–H and O–H groups in total. The summed E-state index contributed by atoms with van der Waals surface area (Å²) >= 11 is 0. The molecule has 2 aromatic rings. The largest absolute Gasteiger partial charge is 0.496 e. The number of hydrogen-bond donors (Lipinski definition) is 4. The van der Waals surface area contributed by atoms with Crippen LogP contribution in [0.4, 0.5) is 0 Å². The minimum Gasteiger partial charge on any atom is -0.496 e. The van der Waals surface area contributed by atoms with E-state index in [1.165, 1.54) is 0 Å². The van der Waals surface area contributed by atoms with E-state index in [9.17, 15) is 14.4 Å². The molecule has 1 unspecified atom stereocenters. The second-order valence-electron chi connectivity index (χ2n) is 10.4. The first-order valence-electron chi connectivity index (χ1n) is 13.7. The van der Waals surface area contributed by atoms with E-state index in [-0.39, 0.29) is 30.1 Å². The average molecular weight is 537 g/mol. The van der Waals surface area contributed by atoms with Crippen LogP contribution in [0.2, 0.25) is 0 Å². The van der Waals surface area contributed by atoms with Crippen LogP contribution in [0.25, 0.3) is 0 Å². The van der Waals surface area contributed by atoms with Crippen molar-refractivity contribution in [3.05, 3.63) is 59.9 Å². The molecular formula is C29H40N6O4. The van der Waals surface area contributed by atoms with Gasteiger partial charge >= 0.3 is 0 Å². The van der Waals surface area contributed by atoms with Crippen molar-refractivity contribution in [1.29, 1.82) is 0 Å². The number of ether oxygens (including phenoxy) is 1. The molecule has 2 aliphatic heterocycles. The molecule has 3 heterocycles. The molecule has 0 saturated carbocycles. The van der Waals surface area contributed by atoms with Crippen LogP contribution in [0.15, 0.2) is 48.8 Å². The van der Waals surface area contributed by atoms with Crippen LogP contribution in [0.5, 0.6) is 5.75 Å². The number of benzene rings is 1. The number of nitrogens with one attached hydrogen (secondary N) is 3. The van der Waals surface area contributed by atoms with E-state index in [0.717, 1.165) is 37.1 Å². The number of methoxy groups -OCH3 is 1. The van der Waals surface area contributed by atoms with Crippen molar-refractivity contribution in [2.75, 3.05) is 33.8 Å². The summed E-state index contributed by atoms with van der Waals surface area (Å²) in [5.41, 5.74) is 8.10. The van der Waals surface area contributed by atoms with Crippen molar-refractivity contribution in [2.24, 2.45) is 17.6 Å². The zero-order valence-electron chi connectivity index (χ0n) is 22.8. The molecule has 0 spiro atoms. The van der Waals surface area contributed by atoms with Crippen molar-refractivity contribution in [3.63, 3.8) is 0 Å². The minimum absolute atomic E-state index is 0.0545. The fourth-order valence-corrected chi connectivity index (χ4v) is 5.84. The highest BCUT2D eigenvalue weighted by Gasteiger charge is 2.43. The number of carbonyl (C=O) groups excluding carboxylic acids is 3. The second kappa shape index (κ2) is 13.5.